The summed E-state index contributed by atoms with van der Waals surface area (Å²) in [4.78, 5) is 26.1. The van der Waals surface area contributed by atoms with Crippen LogP contribution >= 0.6 is 11.6 Å². The number of morpholine rings is 1. The lowest BCUT2D eigenvalue weighted by Crippen LogP contribution is -2.39. The van der Waals surface area contributed by atoms with E-state index in [9.17, 15) is 9.59 Å². The van der Waals surface area contributed by atoms with Gasteiger partial charge in [0.15, 0.2) is 0 Å². The second-order valence-corrected chi connectivity index (χ2v) is 6.13. The van der Waals surface area contributed by atoms with Crippen LogP contribution in [0.3, 0.4) is 0 Å². The minimum atomic E-state index is -0.310. The molecular weight excluding hydrogens is 344 g/mol. The van der Waals surface area contributed by atoms with E-state index < -0.39 is 0 Å². The first-order valence-electron chi connectivity index (χ1n) is 8.04. The largest absolute Gasteiger partial charge is 0.378 e. The van der Waals surface area contributed by atoms with Crippen LogP contribution in [0, 0.1) is 0 Å². The molecular formula is C17H19ClN4O3. The summed E-state index contributed by atoms with van der Waals surface area (Å²) >= 11 is 5.92. The molecule has 1 aromatic heterocycles. The van der Waals surface area contributed by atoms with Crippen LogP contribution in [0.15, 0.2) is 41.2 Å². The van der Waals surface area contributed by atoms with E-state index in [0.29, 0.717) is 43.7 Å². The first kappa shape index (κ1) is 17.4. The van der Waals surface area contributed by atoms with E-state index in [-0.39, 0.29) is 18.0 Å². The molecule has 1 amide bonds. The Balaban J connectivity index is 1.63. The van der Waals surface area contributed by atoms with Gasteiger partial charge in [-0.3, -0.25) is 9.59 Å². The van der Waals surface area contributed by atoms with E-state index in [1.54, 1.807) is 18.2 Å². The average Bonchev–Trinajstić information content (AvgIpc) is 2.63. The molecule has 1 N–H and O–H groups in total. The van der Waals surface area contributed by atoms with Crippen LogP contribution in [0.25, 0.3) is 0 Å². The molecule has 25 heavy (non-hydrogen) atoms. The third-order valence-corrected chi connectivity index (χ3v) is 4.09. The standard InChI is InChI=1S/C17H19ClN4O3/c18-14-3-1-2-13(10-14)11-19-16(23)12-22-17(24)5-4-15(20-22)21-6-8-25-9-7-21/h1-5,10H,6-9,11-12H2,(H,19,23). The highest BCUT2D eigenvalue weighted by Crippen LogP contribution is 2.11. The second kappa shape index (κ2) is 8.13. The first-order valence-corrected chi connectivity index (χ1v) is 8.41. The molecule has 0 atom stereocenters. The number of ether oxygens (including phenoxy) is 1. The van der Waals surface area contributed by atoms with Gasteiger partial charge in [0.25, 0.3) is 5.56 Å². The minimum absolute atomic E-state index is 0.127. The SMILES string of the molecule is O=C(Cn1nc(N2CCOCC2)ccc1=O)NCc1cccc(Cl)c1. The molecule has 1 aliphatic rings. The highest BCUT2D eigenvalue weighted by molar-refractivity contribution is 6.30. The van der Waals surface area contributed by atoms with Gasteiger partial charge >= 0.3 is 0 Å². The molecule has 3 rings (SSSR count). The van der Waals surface area contributed by atoms with Gasteiger partial charge in [0.05, 0.1) is 13.2 Å². The maximum absolute atomic E-state index is 12.1. The molecule has 1 aliphatic heterocycles. The Kier molecular flexibility index (Phi) is 5.67. The summed E-state index contributed by atoms with van der Waals surface area (Å²) < 4.78 is 6.49. The molecule has 1 saturated heterocycles. The average molecular weight is 363 g/mol. The van der Waals surface area contributed by atoms with E-state index >= 15 is 0 Å². The summed E-state index contributed by atoms with van der Waals surface area (Å²) in [6, 6.07) is 10.4. The van der Waals surface area contributed by atoms with Crippen molar-refractivity contribution in [2.75, 3.05) is 31.2 Å². The predicted molar refractivity (Wildman–Crippen MR) is 94.8 cm³/mol. The first-order chi connectivity index (χ1) is 12.1. The van der Waals surface area contributed by atoms with Crippen LogP contribution in [-0.2, 0) is 22.6 Å². The van der Waals surface area contributed by atoms with Gasteiger partial charge in [0.2, 0.25) is 5.91 Å². The van der Waals surface area contributed by atoms with Gasteiger partial charge in [0.1, 0.15) is 12.4 Å². The number of rotatable bonds is 5. The van der Waals surface area contributed by atoms with Crippen LogP contribution in [0.1, 0.15) is 5.56 Å². The van der Waals surface area contributed by atoms with Gasteiger partial charge < -0.3 is 15.0 Å². The van der Waals surface area contributed by atoms with Gasteiger partial charge in [-0.05, 0) is 23.8 Å². The van der Waals surface area contributed by atoms with Crippen molar-refractivity contribution in [3.63, 3.8) is 0 Å². The Morgan fingerprint density at radius 2 is 2.04 bits per heavy atom. The van der Waals surface area contributed by atoms with Crippen LogP contribution < -0.4 is 15.8 Å². The third-order valence-electron chi connectivity index (χ3n) is 3.86. The molecule has 1 aromatic carbocycles. The molecule has 2 aromatic rings. The fourth-order valence-corrected chi connectivity index (χ4v) is 2.76. The monoisotopic (exact) mass is 362 g/mol. The normalized spacial score (nSPS) is 14.4. The Bertz CT molecular complexity index is 802. The zero-order valence-electron chi connectivity index (χ0n) is 13.7. The third kappa shape index (κ3) is 4.80. The fourth-order valence-electron chi connectivity index (χ4n) is 2.55. The Hall–Kier alpha value is -2.38. The van der Waals surface area contributed by atoms with Crippen molar-refractivity contribution in [2.45, 2.75) is 13.1 Å². The van der Waals surface area contributed by atoms with Crippen molar-refractivity contribution < 1.29 is 9.53 Å². The van der Waals surface area contributed by atoms with E-state index in [2.05, 4.69) is 10.4 Å². The number of anilines is 1. The smallest absolute Gasteiger partial charge is 0.267 e. The summed E-state index contributed by atoms with van der Waals surface area (Å²) in [5, 5.41) is 7.68. The molecule has 0 saturated carbocycles. The van der Waals surface area contributed by atoms with Gasteiger partial charge in [0, 0.05) is 30.7 Å². The molecule has 1 fully saturated rings. The maximum atomic E-state index is 12.1. The zero-order valence-corrected chi connectivity index (χ0v) is 14.4. The Morgan fingerprint density at radius 1 is 1.24 bits per heavy atom. The van der Waals surface area contributed by atoms with Crippen molar-refractivity contribution in [1.29, 1.82) is 0 Å². The van der Waals surface area contributed by atoms with Crippen molar-refractivity contribution in [1.82, 2.24) is 15.1 Å². The lowest BCUT2D eigenvalue weighted by molar-refractivity contribution is -0.122. The lowest BCUT2D eigenvalue weighted by Gasteiger charge is -2.27. The van der Waals surface area contributed by atoms with Gasteiger partial charge in [-0.2, -0.15) is 5.10 Å². The Morgan fingerprint density at radius 3 is 2.80 bits per heavy atom. The summed E-state index contributed by atoms with van der Waals surface area (Å²) in [6.07, 6.45) is 0. The number of nitrogens with zero attached hydrogens (tertiary/aromatic N) is 3. The topological polar surface area (TPSA) is 76.5 Å². The summed E-state index contributed by atoms with van der Waals surface area (Å²) in [5.74, 6) is 0.388. The fraction of sp³-hybridized carbons (Fsp3) is 0.353. The molecule has 0 spiro atoms. The van der Waals surface area contributed by atoms with Crippen LogP contribution in [0.4, 0.5) is 5.82 Å². The van der Waals surface area contributed by atoms with Gasteiger partial charge in [-0.25, -0.2) is 4.68 Å². The number of aromatic nitrogens is 2. The zero-order chi connectivity index (χ0) is 17.6. The summed E-state index contributed by atoms with van der Waals surface area (Å²) in [5.41, 5.74) is 0.582. The van der Waals surface area contributed by atoms with Crippen LogP contribution in [0.5, 0.6) is 0 Å². The van der Waals surface area contributed by atoms with Crippen molar-refractivity contribution in [2.24, 2.45) is 0 Å². The number of carbonyl (C=O) groups excluding carboxylic acids is 1. The molecule has 0 aliphatic carbocycles. The summed E-state index contributed by atoms with van der Waals surface area (Å²) in [6.45, 7) is 2.90. The number of hydrogen-bond donors (Lipinski definition) is 1. The number of carbonyl (C=O) groups is 1. The maximum Gasteiger partial charge on any atom is 0.267 e. The Labute approximate surface area is 150 Å². The predicted octanol–water partition coefficient (Wildman–Crippen LogP) is 1.05. The second-order valence-electron chi connectivity index (χ2n) is 5.69. The number of benzene rings is 1. The van der Waals surface area contributed by atoms with E-state index in [0.717, 1.165) is 5.56 Å². The van der Waals surface area contributed by atoms with E-state index in [4.69, 9.17) is 16.3 Å². The molecule has 0 radical (unpaired) electrons. The van der Waals surface area contributed by atoms with Gasteiger partial charge in [-0.1, -0.05) is 23.7 Å². The number of nitrogens with one attached hydrogen (secondary N) is 1. The number of halogens is 1. The molecule has 2 heterocycles. The summed E-state index contributed by atoms with van der Waals surface area (Å²) in [7, 11) is 0. The molecule has 132 valence electrons. The molecule has 8 heteroatoms. The number of hydrogen-bond acceptors (Lipinski definition) is 5. The van der Waals surface area contributed by atoms with Crippen molar-refractivity contribution >= 4 is 23.3 Å². The van der Waals surface area contributed by atoms with E-state index in [1.807, 2.05) is 17.0 Å². The van der Waals surface area contributed by atoms with Crippen LogP contribution in [-0.4, -0.2) is 42.0 Å². The van der Waals surface area contributed by atoms with Crippen molar-refractivity contribution in [3.05, 3.63) is 57.3 Å². The van der Waals surface area contributed by atoms with E-state index in [1.165, 1.54) is 10.7 Å². The van der Waals surface area contributed by atoms with Crippen LogP contribution in [0.2, 0.25) is 5.02 Å². The minimum Gasteiger partial charge on any atom is -0.378 e. The molecule has 0 unspecified atom stereocenters. The molecule has 0 bridgehead atoms. The van der Waals surface area contributed by atoms with Crippen molar-refractivity contribution in [3.8, 4) is 0 Å². The highest BCUT2D eigenvalue weighted by Gasteiger charge is 2.14. The number of amides is 1. The lowest BCUT2D eigenvalue weighted by atomic mass is 10.2. The molecule has 7 nitrogen and oxygen atoms in total. The quantitative estimate of drug-likeness (QED) is 0.860. The highest BCUT2D eigenvalue weighted by atomic mass is 35.5. The van der Waals surface area contributed by atoms with Gasteiger partial charge in [-0.15, -0.1) is 0 Å².